The van der Waals surface area contributed by atoms with Crippen molar-refractivity contribution in [1.82, 2.24) is 5.32 Å². The maximum absolute atomic E-state index is 12.4. The van der Waals surface area contributed by atoms with Gasteiger partial charge in [-0.25, -0.2) is 0 Å². The molecular weight excluding hydrogens is 362 g/mol. The molecule has 1 aromatic rings. The molecule has 0 saturated heterocycles. The van der Waals surface area contributed by atoms with Crippen molar-refractivity contribution in [2.75, 3.05) is 5.75 Å². The summed E-state index contributed by atoms with van der Waals surface area (Å²) in [6.45, 7) is 0.178. The van der Waals surface area contributed by atoms with Crippen LogP contribution in [-0.2, 0) is 20.9 Å². The van der Waals surface area contributed by atoms with Crippen molar-refractivity contribution in [2.45, 2.75) is 32.3 Å². The van der Waals surface area contributed by atoms with E-state index in [-0.39, 0.29) is 12.4 Å². The third-order valence-electron chi connectivity index (χ3n) is 5.09. The first-order chi connectivity index (χ1) is 13.1. The van der Waals surface area contributed by atoms with Crippen LogP contribution in [0.4, 0.5) is 0 Å². The minimum atomic E-state index is -0.857. The molecule has 1 aliphatic heterocycles. The number of thioether (sulfide) groups is 1. The molecule has 0 radical (unpaired) electrons. The summed E-state index contributed by atoms with van der Waals surface area (Å²) < 4.78 is 5.24. The number of nitrogens with zero attached hydrogens (tertiary/aromatic N) is 2. The molecule has 7 heteroatoms. The molecule has 6 nitrogen and oxygen atoms in total. The van der Waals surface area contributed by atoms with E-state index < -0.39 is 23.2 Å². The van der Waals surface area contributed by atoms with Crippen molar-refractivity contribution in [3.8, 4) is 12.1 Å². The zero-order valence-corrected chi connectivity index (χ0v) is 15.6. The fraction of sp³-hybridized carbons (Fsp3) is 0.400. The quantitative estimate of drug-likeness (QED) is 0.787. The molecule has 0 bridgehead atoms. The van der Waals surface area contributed by atoms with E-state index in [4.69, 9.17) is 4.74 Å². The number of rotatable bonds is 5. The van der Waals surface area contributed by atoms with Gasteiger partial charge in [-0.2, -0.15) is 10.5 Å². The van der Waals surface area contributed by atoms with Gasteiger partial charge in [-0.05, 0) is 18.4 Å². The number of benzene rings is 1. The zero-order valence-electron chi connectivity index (χ0n) is 14.7. The Balaban J connectivity index is 1.70. The smallest absolute Gasteiger partial charge is 0.316 e. The fourth-order valence-electron chi connectivity index (χ4n) is 3.78. The Labute approximate surface area is 162 Å². The average Bonchev–Trinajstić information content (AvgIpc) is 3.15. The van der Waals surface area contributed by atoms with Crippen molar-refractivity contribution < 1.29 is 14.3 Å². The van der Waals surface area contributed by atoms with Gasteiger partial charge in [0.2, 0.25) is 5.91 Å². The van der Waals surface area contributed by atoms with Crippen molar-refractivity contribution in [3.05, 3.63) is 46.5 Å². The normalized spacial score (nSPS) is 20.7. The number of amides is 1. The predicted molar refractivity (Wildman–Crippen MR) is 99.5 cm³/mol. The van der Waals surface area contributed by atoms with Gasteiger partial charge in [-0.3, -0.25) is 9.59 Å². The molecule has 0 unspecified atom stereocenters. The molecule has 1 fully saturated rings. The average molecular weight is 381 g/mol. The number of carbonyl (C=O) groups excluding carboxylic acids is 2. The summed E-state index contributed by atoms with van der Waals surface area (Å²) in [6, 6.07) is 13.6. The van der Waals surface area contributed by atoms with E-state index in [2.05, 4.69) is 17.5 Å². The van der Waals surface area contributed by atoms with Gasteiger partial charge in [-0.1, -0.05) is 54.9 Å². The molecule has 1 atom stereocenters. The Bertz CT molecular complexity index is 845. The molecule has 1 heterocycles. The van der Waals surface area contributed by atoms with Crippen LogP contribution >= 0.6 is 11.8 Å². The van der Waals surface area contributed by atoms with Crippen LogP contribution in [0, 0.1) is 34.0 Å². The molecule has 1 aromatic carbocycles. The Morgan fingerprint density at radius 2 is 1.96 bits per heavy atom. The Kier molecular flexibility index (Phi) is 5.83. The number of hydrogen-bond donors (Lipinski definition) is 1. The van der Waals surface area contributed by atoms with E-state index in [0.29, 0.717) is 23.4 Å². The van der Waals surface area contributed by atoms with E-state index in [1.807, 2.05) is 30.3 Å². The van der Waals surface area contributed by atoms with E-state index in [9.17, 15) is 20.1 Å². The monoisotopic (exact) mass is 381 g/mol. The van der Waals surface area contributed by atoms with Crippen LogP contribution in [0.1, 0.15) is 31.2 Å². The summed E-state index contributed by atoms with van der Waals surface area (Å²) in [7, 11) is 0. The molecule has 1 aliphatic carbocycles. The van der Waals surface area contributed by atoms with Gasteiger partial charge in [0.25, 0.3) is 0 Å². The summed E-state index contributed by atoms with van der Waals surface area (Å²) in [6.07, 6.45) is 3.05. The van der Waals surface area contributed by atoms with Crippen molar-refractivity contribution in [1.29, 1.82) is 10.5 Å². The lowest BCUT2D eigenvalue weighted by Gasteiger charge is -2.37. The zero-order chi connectivity index (χ0) is 19.3. The third kappa shape index (κ3) is 3.84. The first kappa shape index (κ1) is 19.0. The second-order valence-electron chi connectivity index (χ2n) is 6.67. The highest BCUT2D eigenvalue weighted by atomic mass is 32.2. The Hall–Kier alpha value is -2.77. The molecule has 1 N–H and O–H groups in total. The molecule has 27 heavy (non-hydrogen) atoms. The van der Waals surface area contributed by atoms with Crippen molar-refractivity contribution >= 4 is 23.6 Å². The van der Waals surface area contributed by atoms with Crippen LogP contribution < -0.4 is 5.32 Å². The summed E-state index contributed by atoms with van der Waals surface area (Å²) >= 11 is 1.09. The van der Waals surface area contributed by atoms with Crippen LogP contribution in [0.2, 0.25) is 0 Å². The number of ether oxygens (including phenoxy) is 1. The molecule has 1 amide bonds. The topological polar surface area (TPSA) is 103 Å². The lowest BCUT2D eigenvalue weighted by molar-refractivity contribution is -0.141. The van der Waals surface area contributed by atoms with E-state index >= 15 is 0 Å². The number of nitriles is 2. The van der Waals surface area contributed by atoms with E-state index in [1.165, 1.54) is 0 Å². The number of nitrogens with one attached hydrogen (secondary N) is 1. The van der Waals surface area contributed by atoms with Gasteiger partial charge >= 0.3 is 5.97 Å². The van der Waals surface area contributed by atoms with Gasteiger partial charge < -0.3 is 10.1 Å². The van der Waals surface area contributed by atoms with Gasteiger partial charge in [0.15, 0.2) is 0 Å². The van der Waals surface area contributed by atoms with E-state index in [0.717, 1.165) is 30.2 Å². The number of esters is 1. The maximum atomic E-state index is 12.4. The molecule has 2 aliphatic rings. The third-order valence-corrected chi connectivity index (χ3v) is 6.07. The fourth-order valence-corrected chi connectivity index (χ4v) is 4.69. The number of allylic oxidation sites excluding steroid dienone is 1. The van der Waals surface area contributed by atoms with Crippen LogP contribution in [0.25, 0.3) is 0 Å². The highest BCUT2D eigenvalue weighted by molar-refractivity contribution is 8.03. The number of carbonyl (C=O) groups is 2. The summed E-state index contributed by atoms with van der Waals surface area (Å²) in [5.41, 5.74) is 0.592. The maximum Gasteiger partial charge on any atom is 0.316 e. The summed E-state index contributed by atoms with van der Waals surface area (Å²) in [5.74, 6) is -1.69. The largest absolute Gasteiger partial charge is 0.460 e. The highest BCUT2D eigenvalue weighted by Crippen LogP contribution is 2.53. The summed E-state index contributed by atoms with van der Waals surface area (Å²) in [4.78, 5) is 24.5. The molecule has 1 spiro atoms. The standard InChI is InChI=1S/C20H19N3O3S/c21-10-15-18(25)23-19(16(11-22)20(15)8-4-5-9-20)27-13-17(24)26-12-14-6-2-1-3-7-14/h1-3,6-7,15H,4-5,8-9,12-13H2,(H,23,25)/t15-/m1/s1. The Morgan fingerprint density at radius 1 is 1.26 bits per heavy atom. The van der Waals surface area contributed by atoms with Crippen LogP contribution in [0.5, 0.6) is 0 Å². The lowest BCUT2D eigenvalue weighted by Crippen LogP contribution is -2.46. The van der Waals surface area contributed by atoms with E-state index in [1.54, 1.807) is 0 Å². The van der Waals surface area contributed by atoms with Crippen molar-refractivity contribution in [3.63, 3.8) is 0 Å². The first-order valence-electron chi connectivity index (χ1n) is 8.78. The van der Waals surface area contributed by atoms with Gasteiger partial charge in [-0.15, -0.1) is 0 Å². The minimum Gasteiger partial charge on any atom is -0.460 e. The minimum absolute atomic E-state index is 0.0130. The van der Waals surface area contributed by atoms with Gasteiger partial charge in [0.1, 0.15) is 12.5 Å². The second kappa shape index (κ2) is 8.28. The van der Waals surface area contributed by atoms with Crippen LogP contribution in [0.3, 0.4) is 0 Å². The molecule has 0 aromatic heterocycles. The van der Waals surface area contributed by atoms with Crippen molar-refractivity contribution in [2.24, 2.45) is 11.3 Å². The van der Waals surface area contributed by atoms with Gasteiger partial charge in [0, 0.05) is 5.41 Å². The second-order valence-corrected chi connectivity index (χ2v) is 7.65. The molecule has 3 rings (SSSR count). The lowest BCUT2D eigenvalue weighted by atomic mass is 9.67. The first-order valence-corrected chi connectivity index (χ1v) is 9.77. The van der Waals surface area contributed by atoms with Gasteiger partial charge in [0.05, 0.1) is 28.5 Å². The Morgan fingerprint density at radius 3 is 2.59 bits per heavy atom. The molecule has 138 valence electrons. The SMILES string of the molecule is N#CC1=C(SCC(=O)OCc2ccccc2)NC(=O)[C@@H](C#N)C12CCCC2. The van der Waals surface area contributed by atoms with Crippen LogP contribution in [0.15, 0.2) is 40.9 Å². The molecule has 1 saturated carbocycles. The predicted octanol–water partition coefficient (Wildman–Crippen LogP) is 3.03. The van der Waals surface area contributed by atoms with Crippen LogP contribution in [-0.4, -0.2) is 17.6 Å². The number of hydrogen-bond acceptors (Lipinski definition) is 6. The summed E-state index contributed by atoms with van der Waals surface area (Å²) in [5, 5.41) is 22.2. The molecular formula is C20H19N3O3S. The highest BCUT2D eigenvalue weighted by Gasteiger charge is 2.52.